The summed E-state index contributed by atoms with van der Waals surface area (Å²) in [6.45, 7) is 4.96. The molecular weight excluding hydrogens is 760 g/mol. The predicted octanol–water partition coefficient (Wildman–Crippen LogP) is 8.48. The van der Waals surface area contributed by atoms with Gasteiger partial charge in [0, 0.05) is 26.9 Å². The van der Waals surface area contributed by atoms with E-state index in [0.29, 0.717) is 34.3 Å². The van der Waals surface area contributed by atoms with Crippen molar-refractivity contribution in [2.24, 2.45) is 11.1 Å². The molecule has 2 amide bonds. The zero-order valence-electron chi connectivity index (χ0n) is 30.1. The van der Waals surface area contributed by atoms with Gasteiger partial charge in [-0.1, -0.05) is 99.6 Å². The second-order valence-corrected chi connectivity index (χ2v) is 18.3. The Labute approximate surface area is 320 Å². The molecule has 0 aliphatic carbocycles. The Morgan fingerprint density at radius 1 is 0.852 bits per heavy atom. The minimum absolute atomic E-state index is 0.0154. The first-order chi connectivity index (χ1) is 25.5. The lowest BCUT2D eigenvalue weighted by atomic mass is 9.84. The van der Waals surface area contributed by atoms with Crippen molar-refractivity contribution in [3.05, 3.63) is 124 Å². The zero-order chi connectivity index (χ0) is 39.4. The summed E-state index contributed by atoms with van der Waals surface area (Å²) in [6.07, 6.45) is -6.43. The molecule has 9 nitrogen and oxygen atoms in total. The lowest BCUT2D eigenvalue weighted by Crippen LogP contribution is -2.53. The number of hydrogen-bond donors (Lipinski definition) is 2. The number of hydrogen-bond acceptors (Lipinski definition) is 9. The average Bonchev–Trinajstić information content (AvgIpc) is 3.80. The van der Waals surface area contributed by atoms with Crippen molar-refractivity contribution < 1.29 is 41.0 Å². The topological polar surface area (TPSA) is 130 Å². The van der Waals surface area contributed by atoms with Crippen LogP contribution in [-0.4, -0.2) is 67.2 Å². The van der Waals surface area contributed by atoms with Crippen LogP contribution in [0.3, 0.4) is 0 Å². The van der Waals surface area contributed by atoms with Gasteiger partial charge in [0.25, 0.3) is 15.9 Å². The van der Waals surface area contributed by atoms with Crippen molar-refractivity contribution in [1.29, 1.82) is 0 Å². The molecule has 2 heterocycles. The number of aliphatic hydroxyl groups excluding tert-OH is 1. The first-order valence-electron chi connectivity index (χ1n) is 17.0. The van der Waals surface area contributed by atoms with Gasteiger partial charge in [0.15, 0.2) is 6.04 Å². The largest absolute Gasteiger partial charge is 0.452 e. The highest BCUT2D eigenvalue weighted by molar-refractivity contribution is 7.91. The summed E-state index contributed by atoms with van der Waals surface area (Å²) in [5.74, 6) is -2.27. The third-order valence-corrected chi connectivity index (χ3v) is 13.7. The molecule has 0 spiro atoms. The summed E-state index contributed by atoms with van der Waals surface area (Å²) < 4.78 is 81.0. The number of benzene rings is 3. The second kappa shape index (κ2) is 16.7. The summed E-state index contributed by atoms with van der Waals surface area (Å²) in [5, 5.41) is 11.4. The van der Waals surface area contributed by atoms with Crippen LogP contribution in [-0.2, 0) is 19.6 Å². The van der Waals surface area contributed by atoms with E-state index < -0.39 is 63.7 Å². The fourth-order valence-corrected chi connectivity index (χ4v) is 10.6. The monoisotopic (exact) mass is 801 g/mol. The van der Waals surface area contributed by atoms with Crippen molar-refractivity contribution >= 4 is 54.8 Å². The highest BCUT2D eigenvalue weighted by atomic mass is 32.2. The molecule has 0 saturated carbocycles. The van der Waals surface area contributed by atoms with Gasteiger partial charge in [-0.2, -0.15) is 17.5 Å². The van der Waals surface area contributed by atoms with E-state index in [-0.39, 0.29) is 25.9 Å². The summed E-state index contributed by atoms with van der Waals surface area (Å²) in [4.78, 5) is 27.0. The van der Waals surface area contributed by atoms with Crippen LogP contribution in [0.4, 0.5) is 18.0 Å². The Morgan fingerprint density at radius 2 is 1.41 bits per heavy atom. The number of methoxy groups -OCH3 is 1. The van der Waals surface area contributed by atoms with Crippen LogP contribution in [0.1, 0.15) is 66.1 Å². The highest BCUT2D eigenvalue weighted by Crippen LogP contribution is 2.45. The number of nitrogens with two attached hydrogens (primary N) is 1. The molecule has 5 rings (SSSR count). The number of amides is 2. The molecule has 0 unspecified atom stereocenters. The summed E-state index contributed by atoms with van der Waals surface area (Å²) >= 11 is 1.59. The number of rotatable bonds is 13. The fraction of sp³-hybridized carbons (Fsp3) is 0.333. The normalized spacial score (nSPS) is 14.3. The smallest absolute Gasteiger partial charge is 0.417 e. The zero-order valence-corrected chi connectivity index (χ0v) is 32.5. The van der Waals surface area contributed by atoms with E-state index in [2.05, 4.69) is 0 Å². The van der Waals surface area contributed by atoms with E-state index in [1.165, 1.54) is 12.1 Å². The fourth-order valence-electron chi connectivity index (χ4n) is 6.19. The number of imide groups is 1. The van der Waals surface area contributed by atoms with E-state index >= 15 is 13.2 Å². The lowest BCUT2D eigenvalue weighted by molar-refractivity contribution is -0.186. The molecule has 0 fully saturated rings. The maximum Gasteiger partial charge on any atom is 0.417 e. The minimum Gasteiger partial charge on any atom is -0.452 e. The van der Waals surface area contributed by atoms with E-state index in [1.54, 1.807) is 84.9 Å². The van der Waals surface area contributed by atoms with Gasteiger partial charge in [-0.05, 0) is 52.6 Å². The number of sulfonamides is 1. The number of carbonyl (C=O) groups excluding carboxylic acids is 2. The lowest BCUT2D eigenvalue weighted by Gasteiger charge is -2.34. The molecule has 5 aromatic rings. The standard InChI is InChI=1S/C39H42F3N3O6S3/c1-38(2,3)21-22-44(54(49,50)32-23-27-17-11-12-18-29(27)53-32)28(24-46)30-19-20-31(52-30)35(39(40,41)42)45(37(48)51-4)36(47)34(43)33(25-13-7-5-8-14-25)26-15-9-6-10-16-26/h5-20,23,28,33-35,46H,21-22,24,43H2,1-4H3/t28-,34+,35-/m1/s1. The van der Waals surface area contributed by atoms with Gasteiger partial charge in [0.05, 0.1) is 25.8 Å². The van der Waals surface area contributed by atoms with Crippen molar-refractivity contribution in [2.75, 3.05) is 20.3 Å². The first kappa shape index (κ1) is 41.1. The van der Waals surface area contributed by atoms with Gasteiger partial charge in [-0.25, -0.2) is 18.1 Å². The number of carbonyl (C=O) groups is 2. The van der Waals surface area contributed by atoms with Gasteiger partial charge in [-0.3, -0.25) is 4.79 Å². The molecule has 2 aromatic heterocycles. The molecule has 0 saturated heterocycles. The Morgan fingerprint density at radius 3 is 1.93 bits per heavy atom. The van der Waals surface area contributed by atoms with Gasteiger partial charge in [0.2, 0.25) is 0 Å². The number of halogens is 3. The first-order valence-corrected chi connectivity index (χ1v) is 20.1. The van der Waals surface area contributed by atoms with Crippen LogP contribution in [0.2, 0.25) is 0 Å². The van der Waals surface area contributed by atoms with Crippen LogP contribution in [0.5, 0.6) is 0 Å². The van der Waals surface area contributed by atoms with Crippen molar-refractivity contribution in [3.63, 3.8) is 0 Å². The summed E-state index contributed by atoms with van der Waals surface area (Å²) in [6, 6.07) is 22.3. The molecule has 15 heteroatoms. The summed E-state index contributed by atoms with van der Waals surface area (Å²) in [5.41, 5.74) is 7.26. The van der Waals surface area contributed by atoms with Gasteiger partial charge < -0.3 is 15.6 Å². The molecule has 0 aliphatic rings. The summed E-state index contributed by atoms with van der Waals surface area (Å²) in [7, 11) is -3.42. The van der Waals surface area contributed by atoms with E-state index in [1.807, 2.05) is 20.8 Å². The van der Waals surface area contributed by atoms with Gasteiger partial charge in [-0.15, -0.1) is 22.7 Å². The average molecular weight is 802 g/mol. The van der Waals surface area contributed by atoms with Crippen molar-refractivity contribution in [2.45, 2.75) is 61.6 Å². The molecular formula is C39H42F3N3O6S3. The number of nitrogens with zero attached hydrogens (tertiary/aromatic N) is 2. The number of aliphatic hydroxyl groups is 1. The van der Waals surface area contributed by atoms with Crippen LogP contribution in [0.15, 0.2) is 107 Å². The van der Waals surface area contributed by atoms with E-state index in [4.69, 9.17) is 10.5 Å². The molecule has 0 aliphatic heterocycles. The Balaban J connectivity index is 1.57. The molecule has 3 aromatic carbocycles. The minimum atomic E-state index is -5.22. The second-order valence-electron chi connectivity index (χ2n) is 13.9. The molecule has 54 heavy (non-hydrogen) atoms. The van der Waals surface area contributed by atoms with E-state index in [0.717, 1.165) is 33.5 Å². The highest BCUT2D eigenvalue weighted by Gasteiger charge is 2.52. The maximum atomic E-state index is 15.2. The third-order valence-electron chi connectivity index (χ3n) is 8.95. The third kappa shape index (κ3) is 9.04. The Hall–Kier alpha value is -4.12. The van der Waals surface area contributed by atoms with Crippen LogP contribution in [0, 0.1) is 5.41 Å². The predicted molar refractivity (Wildman–Crippen MR) is 205 cm³/mol. The van der Waals surface area contributed by atoms with Crippen molar-refractivity contribution in [3.8, 4) is 0 Å². The molecule has 3 N–H and O–H groups in total. The quantitative estimate of drug-likeness (QED) is 0.122. The van der Waals surface area contributed by atoms with E-state index in [9.17, 15) is 23.1 Å². The van der Waals surface area contributed by atoms with Gasteiger partial charge in [0.1, 0.15) is 4.21 Å². The molecule has 0 radical (unpaired) electrons. The molecule has 3 atom stereocenters. The maximum absolute atomic E-state index is 15.2. The number of ether oxygens (including phenoxy) is 1. The van der Waals surface area contributed by atoms with Crippen LogP contribution < -0.4 is 5.73 Å². The number of fused-ring (bicyclic) bond motifs is 1. The Kier molecular flexibility index (Phi) is 12.7. The molecule has 0 bridgehead atoms. The van der Waals surface area contributed by atoms with Crippen LogP contribution >= 0.6 is 22.7 Å². The number of alkyl halides is 3. The SMILES string of the molecule is COC(=O)N(C(=O)[C@@H](N)C(c1ccccc1)c1ccccc1)[C@H](c1ccc([C@@H](CO)N(CCC(C)(C)C)S(=O)(=O)c2cc3ccccc3s2)s1)C(F)(F)F. The van der Waals surface area contributed by atoms with Gasteiger partial charge >= 0.3 is 12.3 Å². The van der Waals surface area contributed by atoms with Crippen molar-refractivity contribution in [1.82, 2.24) is 9.21 Å². The number of thiophene rings is 2. The van der Waals surface area contributed by atoms with Crippen LogP contribution in [0.25, 0.3) is 10.1 Å². The molecule has 288 valence electrons. The Bertz CT molecular complexity index is 2080.